The molecular formula is C24H28F3N3O3S. The van der Waals surface area contributed by atoms with Gasteiger partial charge in [0.2, 0.25) is 5.91 Å². The number of rotatable bonds is 9. The molecule has 2 N–H and O–H groups in total. The third kappa shape index (κ3) is 6.58. The van der Waals surface area contributed by atoms with Gasteiger partial charge in [-0.05, 0) is 48.1 Å². The molecule has 0 aliphatic rings. The summed E-state index contributed by atoms with van der Waals surface area (Å²) < 4.78 is 66.3. The van der Waals surface area contributed by atoms with Crippen molar-refractivity contribution in [2.75, 3.05) is 6.26 Å². The number of carbonyl (C=O) groups is 1. The van der Waals surface area contributed by atoms with Gasteiger partial charge in [-0.3, -0.25) is 9.69 Å². The fourth-order valence-corrected chi connectivity index (χ4v) is 4.48. The van der Waals surface area contributed by atoms with Crippen molar-refractivity contribution in [2.45, 2.75) is 56.4 Å². The smallest absolute Gasteiger partial charge is 0.368 e. The molecule has 0 saturated heterocycles. The van der Waals surface area contributed by atoms with Crippen LogP contribution in [0.2, 0.25) is 0 Å². The maximum Gasteiger partial charge on any atom is 0.408 e. The molecule has 0 aliphatic carbocycles. The maximum atomic E-state index is 14.3. The van der Waals surface area contributed by atoms with Crippen LogP contribution in [0.5, 0.6) is 0 Å². The Morgan fingerprint density at radius 2 is 1.50 bits per heavy atom. The highest BCUT2D eigenvalue weighted by atomic mass is 32.2. The van der Waals surface area contributed by atoms with Crippen LogP contribution in [0.4, 0.5) is 13.2 Å². The quantitative estimate of drug-likeness (QED) is 0.553. The monoisotopic (exact) mass is 495 g/mol. The molecule has 0 heterocycles. The maximum absolute atomic E-state index is 14.3. The number of hydrogen-bond donors (Lipinski definition) is 1. The summed E-state index contributed by atoms with van der Waals surface area (Å²) in [6.07, 6.45) is -3.63. The Balaban J connectivity index is 2.53. The predicted octanol–water partition coefficient (Wildman–Crippen LogP) is 4.47. The van der Waals surface area contributed by atoms with Gasteiger partial charge in [0, 0.05) is 6.26 Å². The Morgan fingerprint density at radius 3 is 1.85 bits per heavy atom. The molecule has 0 fully saturated rings. The Hall–Kier alpha value is -2.90. The summed E-state index contributed by atoms with van der Waals surface area (Å²) in [5, 5.41) is 9.45. The Bertz CT molecular complexity index is 1140. The van der Waals surface area contributed by atoms with E-state index in [0.29, 0.717) is 11.1 Å². The van der Waals surface area contributed by atoms with E-state index in [4.69, 9.17) is 5.73 Å². The van der Waals surface area contributed by atoms with Crippen molar-refractivity contribution in [1.29, 1.82) is 5.26 Å². The fourth-order valence-electron chi connectivity index (χ4n) is 3.85. The molecule has 2 rings (SSSR count). The van der Waals surface area contributed by atoms with Gasteiger partial charge in [-0.2, -0.15) is 18.4 Å². The van der Waals surface area contributed by atoms with Gasteiger partial charge in [-0.25, -0.2) is 8.42 Å². The zero-order valence-electron chi connectivity index (χ0n) is 19.4. The molecule has 2 aromatic carbocycles. The van der Waals surface area contributed by atoms with Crippen LogP contribution >= 0.6 is 0 Å². The van der Waals surface area contributed by atoms with E-state index in [0.717, 1.165) is 11.2 Å². The molecule has 6 nitrogen and oxygen atoms in total. The van der Waals surface area contributed by atoms with Gasteiger partial charge in [0.15, 0.2) is 9.84 Å². The fraction of sp³-hybridized carbons (Fsp3) is 0.417. The normalized spacial score (nSPS) is 15.1. The third-order valence-corrected chi connectivity index (χ3v) is 6.60. The Morgan fingerprint density at radius 1 is 1.03 bits per heavy atom. The van der Waals surface area contributed by atoms with Gasteiger partial charge in [0.1, 0.15) is 6.04 Å². The summed E-state index contributed by atoms with van der Waals surface area (Å²) >= 11 is 0. The molecule has 0 spiro atoms. The molecule has 10 heteroatoms. The lowest BCUT2D eigenvalue weighted by molar-refractivity contribution is -0.197. The van der Waals surface area contributed by atoms with Gasteiger partial charge < -0.3 is 5.73 Å². The second kappa shape index (κ2) is 10.6. The number of benzene rings is 2. The first-order chi connectivity index (χ1) is 15.7. The van der Waals surface area contributed by atoms with Crippen molar-refractivity contribution >= 4 is 15.7 Å². The molecular weight excluding hydrogens is 467 g/mol. The topological polar surface area (TPSA) is 104 Å². The lowest BCUT2D eigenvalue weighted by Gasteiger charge is -2.40. The summed E-state index contributed by atoms with van der Waals surface area (Å²) in [7, 11) is -3.38. The van der Waals surface area contributed by atoms with Crippen LogP contribution in [0.15, 0.2) is 53.4 Å². The van der Waals surface area contributed by atoms with Crippen LogP contribution in [-0.2, 0) is 14.6 Å². The van der Waals surface area contributed by atoms with Crippen molar-refractivity contribution in [1.82, 2.24) is 4.90 Å². The zero-order valence-corrected chi connectivity index (χ0v) is 20.2. The molecule has 2 aromatic rings. The van der Waals surface area contributed by atoms with E-state index in [1.54, 1.807) is 26.0 Å². The Kier molecular flexibility index (Phi) is 8.50. The number of nitrogens with zero attached hydrogens (tertiary/aromatic N) is 2. The summed E-state index contributed by atoms with van der Waals surface area (Å²) in [6.45, 7) is 4.84. The molecule has 0 aliphatic heterocycles. The average molecular weight is 496 g/mol. The second-order valence-corrected chi connectivity index (χ2v) is 10.7. The summed E-state index contributed by atoms with van der Waals surface area (Å²) in [4.78, 5) is 13.1. The van der Waals surface area contributed by atoms with Crippen LogP contribution in [0.1, 0.15) is 38.8 Å². The molecule has 0 aromatic heterocycles. The Labute approximate surface area is 198 Å². The highest BCUT2D eigenvalue weighted by Crippen LogP contribution is 2.41. The standard InChI is InChI=1S/C24H28F3N3O3S/c1-15(2)13-21(23(29)31)30(16(3)14-28)22(24(25,26)27)19-7-5-17(6-8-19)18-9-11-20(12-10-18)34(4,32)33/h5-12,15-16,21-22H,13H2,1-4H3,(H2,29,31)/t16-,21-,22-/m0/s1. The molecule has 34 heavy (non-hydrogen) atoms. The number of amides is 1. The summed E-state index contributed by atoms with van der Waals surface area (Å²) in [6, 6.07) is 8.64. The van der Waals surface area contributed by atoms with Crippen LogP contribution in [0.3, 0.4) is 0 Å². The van der Waals surface area contributed by atoms with Crippen LogP contribution < -0.4 is 5.73 Å². The van der Waals surface area contributed by atoms with Gasteiger partial charge in [0.05, 0.1) is 23.0 Å². The third-order valence-electron chi connectivity index (χ3n) is 5.47. The number of primary amides is 1. The number of nitrogens with two attached hydrogens (primary N) is 1. The molecule has 0 bridgehead atoms. The van der Waals surface area contributed by atoms with Crippen LogP contribution in [0.25, 0.3) is 11.1 Å². The first-order valence-electron chi connectivity index (χ1n) is 10.6. The van der Waals surface area contributed by atoms with Crippen molar-refractivity contribution in [3.63, 3.8) is 0 Å². The lowest BCUT2D eigenvalue weighted by Crippen LogP contribution is -2.54. The number of nitriles is 1. The predicted molar refractivity (Wildman–Crippen MR) is 123 cm³/mol. The van der Waals surface area contributed by atoms with Crippen LogP contribution in [-0.4, -0.2) is 43.7 Å². The number of halogens is 3. The number of alkyl halides is 3. The highest BCUT2D eigenvalue weighted by molar-refractivity contribution is 7.90. The minimum absolute atomic E-state index is 0.0682. The van der Waals surface area contributed by atoms with Gasteiger partial charge >= 0.3 is 6.18 Å². The molecule has 0 radical (unpaired) electrons. The zero-order chi connectivity index (χ0) is 25.8. The molecule has 184 valence electrons. The van der Waals surface area contributed by atoms with E-state index in [-0.39, 0.29) is 22.8 Å². The molecule has 0 saturated carbocycles. The average Bonchev–Trinajstić information content (AvgIpc) is 2.74. The molecule has 1 amide bonds. The largest absolute Gasteiger partial charge is 0.408 e. The van der Waals surface area contributed by atoms with Gasteiger partial charge in [-0.15, -0.1) is 0 Å². The minimum Gasteiger partial charge on any atom is -0.368 e. The number of sulfone groups is 1. The van der Waals surface area contributed by atoms with Crippen molar-refractivity contribution in [2.24, 2.45) is 11.7 Å². The van der Waals surface area contributed by atoms with Gasteiger partial charge in [-0.1, -0.05) is 50.2 Å². The molecule has 0 unspecified atom stereocenters. The van der Waals surface area contributed by atoms with Crippen LogP contribution in [0, 0.1) is 17.2 Å². The van der Waals surface area contributed by atoms with Crippen molar-refractivity contribution in [3.8, 4) is 17.2 Å². The van der Waals surface area contributed by atoms with Crippen molar-refractivity contribution in [3.05, 3.63) is 54.1 Å². The van der Waals surface area contributed by atoms with E-state index in [2.05, 4.69) is 0 Å². The first-order valence-corrected chi connectivity index (χ1v) is 12.5. The lowest BCUT2D eigenvalue weighted by atomic mass is 9.94. The summed E-state index contributed by atoms with van der Waals surface area (Å²) in [5.74, 6) is -1.05. The number of hydrogen-bond acceptors (Lipinski definition) is 5. The van der Waals surface area contributed by atoms with Gasteiger partial charge in [0.25, 0.3) is 0 Å². The first kappa shape index (κ1) is 27.3. The van der Waals surface area contributed by atoms with E-state index in [9.17, 15) is 31.6 Å². The minimum atomic E-state index is -4.78. The van der Waals surface area contributed by atoms with E-state index in [1.165, 1.54) is 43.3 Å². The van der Waals surface area contributed by atoms with E-state index in [1.807, 2.05) is 6.07 Å². The summed E-state index contributed by atoms with van der Waals surface area (Å²) in [5.41, 5.74) is 6.55. The highest BCUT2D eigenvalue weighted by Gasteiger charge is 2.49. The second-order valence-electron chi connectivity index (χ2n) is 8.66. The molecule has 3 atom stereocenters. The van der Waals surface area contributed by atoms with E-state index >= 15 is 0 Å². The van der Waals surface area contributed by atoms with Crippen molar-refractivity contribution < 1.29 is 26.4 Å². The SMILES string of the molecule is CC(C)C[C@@H](C(N)=O)N([C@@H](c1ccc(-c2ccc(S(C)(=O)=O)cc2)cc1)C(F)(F)F)[C@@H](C)C#N. The van der Waals surface area contributed by atoms with E-state index < -0.39 is 40.0 Å². The number of carbonyl (C=O) groups excluding carboxylic acids is 1.